The minimum absolute atomic E-state index is 0.485. The highest BCUT2D eigenvalue weighted by molar-refractivity contribution is 8.00. The molecule has 0 amide bonds. The zero-order valence-electron chi connectivity index (χ0n) is 11.5. The number of aliphatic hydroxyl groups is 6. The fraction of sp³-hybridized carbons (Fsp3) is 1.00. The number of hydrogen-bond donors (Lipinski definition) is 6. The molecule has 9 nitrogen and oxygen atoms in total. The molecular formula is C12H20O9S. The van der Waals surface area contributed by atoms with Crippen molar-refractivity contribution in [2.45, 2.75) is 60.6 Å². The molecule has 0 spiro atoms. The standard InChI is InChI=1S/C12H20O9S/c13-1-3-5(14)6(15)8(17)11(19-3)21-10-4-2-22-12(20-4)9(18)7(10)16/h3-18H,1-2H2/t3-,4+,5+,6+,7+,8+,9-,10-,11+,12-/m0/s1. The van der Waals surface area contributed by atoms with Gasteiger partial charge in [0, 0.05) is 5.75 Å². The van der Waals surface area contributed by atoms with Gasteiger partial charge in [0.1, 0.15) is 48.2 Å². The molecule has 6 N–H and O–H groups in total. The van der Waals surface area contributed by atoms with Crippen LogP contribution in [0.4, 0.5) is 0 Å². The van der Waals surface area contributed by atoms with Crippen LogP contribution in [-0.4, -0.2) is 104 Å². The van der Waals surface area contributed by atoms with E-state index in [-0.39, 0.29) is 0 Å². The van der Waals surface area contributed by atoms with Crippen molar-refractivity contribution in [2.24, 2.45) is 0 Å². The topological polar surface area (TPSA) is 149 Å². The Kier molecular flexibility index (Phi) is 4.95. The fourth-order valence-electron chi connectivity index (χ4n) is 2.87. The number of thioether (sulfide) groups is 1. The molecule has 0 aromatic rings. The summed E-state index contributed by atoms with van der Waals surface area (Å²) in [4.78, 5) is 0. The summed E-state index contributed by atoms with van der Waals surface area (Å²) in [6, 6.07) is 0. The van der Waals surface area contributed by atoms with Gasteiger partial charge in [0.15, 0.2) is 6.29 Å². The molecule has 2 bridgehead atoms. The smallest absolute Gasteiger partial charge is 0.187 e. The first-order valence-electron chi connectivity index (χ1n) is 7.03. The molecule has 0 aromatic carbocycles. The third-order valence-electron chi connectivity index (χ3n) is 4.21. The molecule has 3 fully saturated rings. The highest BCUT2D eigenvalue weighted by Crippen LogP contribution is 2.39. The van der Waals surface area contributed by atoms with Crippen molar-refractivity contribution in [3.63, 3.8) is 0 Å². The van der Waals surface area contributed by atoms with Crippen LogP contribution in [0.1, 0.15) is 0 Å². The second kappa shape index (κ2) is 6.48. The van der Waals surface area contributed by atoms with E-state index in [0.29, 0.717) is 5.75 Å². The molecule has 10 heteroatoms. The Labute approximate surface area is 130 Å². The monoisotopic (exact) mass is 340 g/mol. The molecule has 22 heavy (non-hydrogen) atoms. The largest absolute Gasteiger partial charge is 0.394 e. The lowest BCUT2D eigenvalue weighted by atomic mass is 9.98. The van der Waals surface area contributed by atoms with E-state index >= 15 is 0 Å². The van der Waals surface area contributed by atoms with Gasteiger partial charge in [-0.25, -0.2) is 0 Å². The summed E-state index contributed by atoms with van der Waals surface area (Å²) in [5.41, 5.74) is -0.519. The Morgan fingerprint density at radius 3 is 2.32 bits per heavy atom. The zero-order valence-corrected chi connectivity index (χ0v) is 12.3. The molecule has 3 saturated heterocycles. The molecular weight excluding hydrogens is 320 g/mol. The van der Waals surface area contributed by atoms with Crippen LogP contribution in [0.3, 0.4) is 0 Å². The van der Waals surface area contributed by atoms with Crippen LogP contribution in [0.25, 0.3) is 0 Å². The van der Waals surface area contributed by atoms with E-state index in [1.54, 1.807) is 0 Å². The van der Waals surface area contributed by atoms with Crippen molar-refractivity contribution in [3.8, 4) is 0 Å². The summed E-state index contributed by atoms with van der Waals surface area (Å²) in [6.45, 7) is -0.571. The molecule has 3 rings (SSSR count). The van der Waals surface area contributed by atoms with Gasteiger partial charge >= 0.3 is 0 Å². The minimum atomic E-state index is -1.56. The van der Waals surface area contributed by atoms with Crippen molar-refractivity contribution in [2.75, 3.05) is 12.4 Å². The van der Waals surface area contributed by atoms with E-state index in [9.17, 15) is 25.5 Å². The highest BCUT2D eigenvalue weighted by Gasteiger charge is 2.52. The van der Waals surface area contributed by atoms with Gasteiger partial charge < -0.3 is 44.8 Å². The van der Waals surface area contributed by atoms with Crippen LogP contribution >= 0.6 is 11.8 Å². The van der Waals surface area contributed by atoms with Crippen LogP contribution < -0.4 is 0 Å². The fourth-order valence-corrected chi connectivity index (χ4v) is 4.10. The van der Waals surface area contributed by atoms with Gasteiger partial charge in [-0.05, 0) is 0 Å². The van der Waals surface area contributed by atoms with Crippen LogP contribution in [-0.2, 0) is 14.2 Å². The number of ether oxygens (including phenoxy) is 3. The molecule has 0 saturated carbocycles. The van der Waals surface area contributed by atoms with Gasteiger partial charge in [-0.3, -0.25) is 0 Å². The van der Waals surface area contributed by atoms with Crippen LogP contribution in [0.15, 0.2) is 0 Å². The van der Waals surface area contributed by atoms with E-state index in [4.69, 9.17) is 19.3 Å². The first-order valence-corrected chi connectivity index (χ1v) is 8.08. The van der Waals surface area contributed by atoms with Gasteiger partial charge in [0.05, 0.1) is 12.7 Å². The Bertz CT molecular complexity index is 397. The van der Waals surface area contributed by atoms with E-state index < -0.39 is 67.2 Å². The maximum Gasteiger partial charge on any atom is 0.187 e. The summed E-state index contributed by atoms with van der Waals surface area (Å²) in [5, 5.41) is 58.5. The normalized spacial score (nSPS) is 55.4. The van der Waals surface area contributed by atoms with Crippen LogP contribution in [0.5, 0.6) is 0 Å². The maximum absolute atomic E-state index is 10.1. The van der Waals surface area contributed by atoms with Crippen molar-refractivity contribution < 1.29 is 44.8 Å². The second-order valence-electron chi connectivity index (χ2n) is 5.66. The van der Waals surface area contributed by atoms with Gasteiger partial charge in [-0.2, -0.15) is 0 Å². The molecule has 3 heterocycles. The molecule has 0 aliphatic carbocycles. The Hall–Kier alpha value is -0.0100. The average Bonchev–Trinajstić information content (AvgIpc) is 2.96. The first kappa shape index (κ1) is 16.8. The Balaban J connectivity index is 1.71. The Morgan fingerprint density at radius 1 is 0.909 bits per heavy atom. The molecule has 3 aliphatic rings. The highest BCUT2D eigenvalue weighted by atomic mass is 32.2. The predicted octanol–water partition coefficient (Wildman–Crippen LogP) is -3.63. The SMILES string of the molecule is OC[C@@H]1O[C@H](O[C@@H]2[C@H](O)[C@H](O)[C@H]3O[C@@H]2CS3)[C@H](O)[C@H](O)[C@@H]1O. The summed E-state index contributed by atoms with van der Waals surface area (Å²) in [6.07, 6.45) is -10.9. The van der Waals surface area contributed by atoms with Crippen molar-refractivity contribution in [3.05, 3.63) is 0 Å². The summed E-state index contributed by atoms with van der Waals surface area (Å²) in [5.74, 6) is 0.501. The van der Waals surface area contributed by atoms with Crippen molar-refractivity contribution in [1.29, 1.82) is 0 Å². The molecule has 3 aliphatic heterocycles. The van der Waals surface area contributed by atoms with Gasteiger partial charge in [0.25, 0.3) is 0 Å². The predicted molar refractivity (Wildman–Crippen MR) is 71.8 cm³/mol. The first-order chi connectivity index (χ1) is 10.4. The molecule has 0 radical (unpaired) electrons. The maximum atomic E-state index is 10.1. The van der Waals surface area contributed by atoms with Gasteiger partial charge in [-0.1, -0.05) is 0 Å². The lowest BCUT2D eigenvalue weighted by Crippen LogP contribution is -2.62. The van der Waals surface area contributed by atoms with Crippen molar-refractivity contribution >= 4 is 11.8 Å². The number of hydrogen-bond acceptors (Lipinski definition) is 10. The third kappa shape index (κ3) is 2.77. The molecule has 10 atom stereocenters. The van der Waals surface area contributed by atoms with Crippen LogP contribution in [0, 0.1) is 0 Å². The lowest BCUT2D eigenvalue weighted by molar-refractivity contribution is -0.334. The quantitative estimate of drug-likeness (QED) is 0.304. The minimum Gasteiger partial charge on any atom is -0.394 e. The number of fused-ring (bicyclic) bond motifs is 2. The third-order valence-corrected chi connectivity index (χ3v) is 5.44. The van der Waals surface area contributed by atoms with E-state index in [2.05, 4.69) is 0 Å². The lowest BCUT2D eigenvalue weighted by Gasteiger charge is -2.43. The van der Waals surface area contributed by atoms with E-state index in [1.807, 2.05) is 0 Å². The summed E-state index contributed by atoms with van der Waals surface area (Å²) < 4.78 is 16.2. The van der Waals surface area contributed by atoms with Gasteiger partial charge in [-0.15, -0.1) is 11.8 Å². The van der Waals surface area contributed by atoms with Crippen molar-refractivity contribution in [1.82, 2.24) is 0 Å². The average molecular weight is 340 g/mol. The van der Waals surface area contributed by atoms with Crippen LogP contribution in [0.2, 0.25) is 0 Å². The Morgan fingerprint density at radius 2 is 1.64 bits per heavy atom. The summed E-state index contributed by atoms with van der Waals surface area (Å²) in [7, 11) is 0. The summed E-state index contributed by atoms with van der Waals surface area (Å²) >= 11 is 1.35. The van der Waals surface area contributed by atoms with E-state index in [0.717, 1.165) is 0 Å². The number of rotatable bonds is 3. The zero-order chi connectivity index (χ0) is 16.0. The molecule has 128 valence electrons. The van der Waals surface area contributed by atoms with Gasteiger partial charge in [0.2, 0.25) is 0 Å². The molecule has 0 aromatic heterocycles. The number of aliphatic hydroxyl groups excluding tert-OH is 6. The molecule has 0 unspecified atom stereocenters. The second-order valence-corrected chi connectivity index (χ2v) is 6.79. The van der Waals surface area contributed by atoms with E-state index in [1.165, 1.54) is 11.8 Å².